The first-order chi connectivity index (χ1) is 10.8. The summed E-state index contributed by atoms with van der Waals surface area (Å²) in [6, 6.07) is 0. The van der Waals surface area contributed by atoms with Crippen LogP contribution in [0.5, 0.6) is 0 Å². The molecule has 1 fully saturated rings. The highest BCUT2D eigenvalue weighted by atomic mass is 32.1. The van der Waals surface area contributed by atoms with Crippen LogP contribution in [-0.4, -0.2) is 53.1 Å². The number of aliphatic hydroxyl groups is 1. The number of H-pyrrole nitrogens is 1. The average Bonchev–Trinajstić information content (AvgIpc) is 2.97. The van der Waals surface area contributed by atoms with Crippen LogP contribution in [0.25, 0.3) is 0 Å². The van der Waals surface area contributed by atoms with Crippen molar-refractivity contribution in [3.63, 3.8) is 0 Å². The van der Waals surface area contributed by atoms with Gasteiger partial charge in [0.25, 0.3) is 5.56 Å². The molecule has 0 spiro atoms. The van der Waals surface area contributed by atoms with Crippen LogP contribution in [-0.2, 0) is 14.3 Å². The zero-order valence-corrected chi connectivity index (χ0v) is 12.7. The molecular weight excluding hydrogens is 325 g/mol. The van der Waals surface area contributed by atoms with Gasteiger partial charge in [-0.3, -0.25) is 23.9 Å². The number of esters is 1. The number of nitrogens with zero attached hydrogens (tertiary/aromatic N) is 1. The third kappa shape index (κ3) is 3.75. The molecule has 1 saturated heterocycles. The number of hydrogen-bond acceptors (Lipinski definition) is 8. The van der Waals surface area contributed by atoms with Crippen molar-refractivity contribution in [1.29, 1.82) is 0 Å². The largest absolute Gasteiger partial charge is 0.440 e. The molecule has 3 unspecified atom stereocenters. The van der Waals surface area contributed by atoms with Crippen molar-refractivity contribution in [2.45, 2.75) is 30.9 Å². The van der Waals surface area contributed by atoms with E-state index >= 15 is 0 Å². The van der Waals surface area contributed by atoms with Crippen molar-refractivity contribution in [2.24, 2.45) is 5.73 Å². The second-order valence-electron chi connectivity index (χ2n) is 4.96. The van der Waals surface area contributed by atoms with Gasteiger partial charge in [0.05, 0.1) is 12.1 Å². The first-order valence-corrected chi connectivity index (χ1v) is 7.08. The summed E-state index contributed by atoms with van der Waals surface area (Å²) in [5, 5.41) is 10.00. The molecule has 0 saturated carbocycles. The molecule has 0 bridgehead atoms. The molecule has 9 nitrogen and oxygen atoms in total. The highest BCUT2D eigenvalue weighted by Crippen LogP contribution is 2.33. The molecule has 4 N–H and O–H groups in total. The molecule has 0 aromatic carbocycles. The highest BCUT2D eigenvalue weighted by Gasteiger charge is 2.41. The Hall–Kier alpha value is -1.82. The molecule has 23 heavy (non-hydrogen) atoms. The summed E-state index contributed by atoms with van der Waals surface area (Å²) >= 11 is 5.02. The molecule has 11 heteroatoms. The van der Waals surface area contributed by atoms with E-state index < -0.39 is 36.1 Å². The lowest BCUT2D eigenvalue weighted by atomic mass is 9.87. The Kier molecular flexibility index (Phi) is 5.14. The van der Waals surface area contributed by atoms with E-state index in [0.717, 1.165) is 0 Å². The lowest BCUT2D eigenvalue weighted by Gasteiger charge is -2.30. The Labute approximate surface area is 136 Å². The van der Waals surface area contributed by atoms with Gasteiger partial charge in [-0.25, -0.2) is 0 Å². The smallest absolute Gasteiger partial charge is 0.321 e. The third-order valence-corrected chi connectivity index (χ3v) is 3.65. The van der Waals surface area contributed by atoms with Gasteiger partial charge < -0.3 is 20.3 Å². The summed E-state index contributed by atoms with van der Waals surface area (Å²) in [6.07, 6.45) is 0.559. The van der Waals surface area contributed by atoms with Crippen molar-refractivity contribution < 1.29 is 24.2 Å². The fourth-order valence-corrected chi connectivity index (χ4v) is 2.48. The van der Waals surface area contributed by atoms with Crippen molar-refractivity contribution in [2.75, 3.05) is 6.54 Å². The minimum absolute atomic E-state index is 0.0470. The number of aldehydes is 1. The molecular formula is C12H14BN3O6S. The second-order valence-corrected chi connectivity index (χ2v) is 5.34. The van der Waals surface area contributed by atoms with Gasteiger partial charge in [0.15, 0.2) is 24.6 Å². The van der Waals surface area contributed by atoms with Crippen LogP contribution in [0, 0.1) is 4.77 Å². The monoisotopic (exact) mass is 339 g/mol. The SMILES string of the molecule is [B]C(O)(OC(=O)CN)C1CCC(n2cc(C=O)c(=O)[nH]c2=S)O1. The van der Waals surface area contributed by atoms with Gasteiger partial charge in [-0.2, -0.15) is 0 Å². The molecule has 2 rings (SSSR count). The molecule has 1 aliphatic rings. The number of ether oxygens (including phenoxy) is 2. The first kappa shape index (κ1) is 17.5. The van der Waals surface area contributed by atoms with Crippen LogP contribution in [0.2, 0.25) is 0 Å². The molecule has 1 aliphatic heterocycles. The Morgan fingerprint density at radius 3 is 3.00 bits per heavy atom. The lowest BCUT2D eigenvalue weighted by molar-refractivity contribution is -0.214. The molecule has 122 valence electrons. The second kappa shape index (κ2) is 6.75. The van der Waals surface area contributed by atoms with Crippen LogP contribution in [0.1, 0.15) is 29.4 Å². The minimum Gasteiger partial charge on any atom is -0.440 e. The van der Waals surface area contributed by atoms with E-state index in [-0.39, 0.29) is 16.8 Å². The Morgan fingerprint density at radius 2 is 2.39 bits per heavy atom. The van der Waals surface area contributed by atoms with E-state index in [1.54, 1.807) is 0 Å². The Morgan fingerprint density at radius 1 is 1.70 bits per heavy atom. The van der Waals surface area contributed by atoms with Crippen LogP contribution >= 0.6 is 12.2 Å². The van der Waals surface area contributed by atoms with E-state index in [9.17, 15) is 19.5 Å². The van der Waals surface area contributed by atoms with E-state index in [0.29, 0.717) is 12.7 Å². The maximum Gasteiger partial charge on any atom is 0.321 e. The molecule has 1 aromatic heterocycles. The topological polar surface area (TPSA) is 137 Å². The predicted molar refractivity (Wildman–Crippen MR) is 80.3 cm³/mol. The van der Waals surface area contributed by atoms with Crippen molar-refractivity contribution in [3.05, 3.63) is 26.9 Å². The Balaban J connectivity index is 2.20. The lowest BCUT2D eigenvalue weighted by Crippen LogP contribution is -2.48. The summed E-state index contributed by atoms with van der Waals surface area (Å²) in [7, 11) is 5.54. The summed E-state index contributed by atoms with van der Waals surface area (Å²) in [5.41, 5.74) is 2.02. The highest BCUT2D eigenvalue weighted by molar-refractivity contribution is 7.71. The zero-order valence-electron chi connectivity index (χ0n) is 11.9. The first-order valence-electron chi connectivity index (χ1n) is 6.67. The van der Waals surface area contributed by atoms with Crippen molar-refractivity contribution in [1.82, 2.24) is 9.55 Å². The van der Waals surface area contributed by atoms with Crippen molar-refractivity contribution >= 4 is 32.3 Å². The van der Waals surface area contributed by atoms with E-state index in [1.165, 1.54) is 10.8 Å². The number of carbonyl (C=O) groups excluding carboxylic acids is 2. The van der Waals surface area contributed by atoms with Gasteiger partial charge >= 0.3 is 5.97 Å². The fourth-order valence-electron chi connectivity index (χ4n) is 2.22. The average molecular weight is 339 g/mol. The fraction of sp³-hybridized carbons (Fsp3) is 0.500. The van der Waals surface area contributed by atoms with Crippen LogP contribution in [0.3, 0.4) is 0 Å². The van der Waals surface area contributed by atoms with Gasteiger partial charge in [-0.05, 0) is 25.1 Å². The third-order valence-electron chi connectivity index (χ3n) is 3.34. The van der Waals surface area contributed by atoms with Gasteiger partial charge in [0.1, 0.15) is 12.3 Å². The standard InChI is InChI=1S/C12H14BN3O6S/c13-12(20,22-9(18)3-14)7-1-2-8(21-7)16-4-6(5-17)10(19)15-11(16)23/h4-5,7-8,20H,1-3,14H2,(H,15,19,23). The number of nitrogens with two attached hydrogens (primary N) is 1. The summed E-state index contributed by atoms with van der Waals surface area (Å²) < 4.78 is 11.6. The van der Waals surface area contributed by atoms with Crippen molar-refractivity contribution in [3.8, 4) is 0 Å². The Bertz CT molecular complexity index is 730. The van der Waals surface area contributed by atoms with Gasteiger partial charge in [-0.15, -0.1) is 0 Å². The van der Waals surface area contributed by atoms with Gasteiger partial charge in [0.2, 0.25) is 0 Å². The quantitative estimate of drug-likeness (QED) is 0.198. The summed E-state index contributed by atoms with van der Waals surface area (Å²) in [4.78, 5) is 35.8. The number of carbonyl (C=O) groups is 2. The van der Waals surface area contributed by atoms with E-state index in [1.807, 2.05) is 0 Å². The van der Waals surface area contributed by atoms with Crippen LogP contribution in [0.4, 0.5) is 0 Å². The zero-order chi connectivity index (χ0) is 17.2. The molecule has 2 heterocycles. The number of aromatic nitrogens is 2. The predicted octanol–water partition coefficient (Wildman–Crippen LogP) is -1.29. The minimum atomic E-state index is -2.34. The van der Waals surface area contributed by atoms with Gasteiger partial charge in [-0.1, -0.05) is 0 Å². The summed E-state index contributed by atoms with van der Waals surface area (Å²) in [5.74, 6) is -0.883. The molecule has 0 aliphatic carbocycles. The maximum atomic E-state index is 11.5. The molecule has 2 radical (unpaired) electrons. The molecule has 0 amide bonds. The summed E-state index contributed by atoms with van der Waals surface area (Å²) in [6.45, 7) is -0.441. The maximum absolute atomic E-state index is 11.5. The van der Waals surface area contributed by atoms with Crippen LogP contribution < -0.4 is 11.3 Å². The normalized spacial score (nSPS) is 23.2. The molecule has 3 atom stereocenters. The number of aromatic amines is 1. The van der Waals surface area contributed by atoms with E-state index in [4.69, 9.17) is 30.5 Å². The number of hydrogen-bond donors (Lipinski definition) is 3. The number of nitrogens with one attached hydrogen (secondary N) is 1. The number of rotatable bonds is 5. The van der Waals surface area contributed by atoms with E-state index in [2.05, 4.69) is 9.72 Å². The van der Waals surface area contributed by atoms with Gasteiger partial charge in [0, 0.05) is 6.20 Å². The molecule has 1 aromatic rings. The van der Waals surface area contributed by atoms with Crippen LogP contribution in [0.15, 0.2) is 11.0 Å².